The molecule has 0 radical (unpaired) electrons. The Morgan fingerprint density at radius 1 is 1.48 bits per heavy atom. The molecule has 0 aliphatic rings. The van der Waals surface area contributed by atoms with Crippen molar-refractivity contribution in [3.05, 3.63) is 33.2 Å². The summed E-state index contributed by atoms with van der Waals surface area (Å²) in [5.41, 5.74) is 1.03. The van der Waals surface area contributed by atoms with Gasteiger partial charge in [0.2, 0.25) is 0 Å². The predicted octanol–water partition coefficient (Wildman–Crippen LogP) is 2.48. The Balaban J connectivity index is 2.36. The van der Waals surface area contributed by atoms with E-state index in [4.69, 9.17) is 16.3 Å². The van der Waals surface area contributed by atoms with Gasteiger partial charge in [-0.25, -0.2) is 0 Å². The summed E-state index contributed by atoms with van der Waals surface area (Å²) in [7, 11) is 7.70. The van der Waals surface area contributed by atoms with Gasteiger partial charge in [0.15, 0.2) is 5.75 Å². The molecule has 2 aromatic heterocycles. The highest BCUT2D eigenvalue weighted by Crippen LogP contribution is 2.34. The van der Waals surface area contributed by atoms with Gasteiger partial charge >= 0.3 is 0 Å². The van der Waals surface area contributed by atoms with Crippen LogP contribution in [0.3, 0.4) is 0 Å². The van der Waals surface area contributed by atoms with Crippen molar-refractivity contribution in [1.82, 2.24) is 20.0 Å². The fraction of sp³-hybridized carbons (Fsp3) is 0.500. The van der Waals surface area contributed by atoms with E-state index < -0.39 is 0 Å². The molecule has 0 spiro atoms. The van der Waals surface area contributed by atoms with Gasteiger partial charge in [-0.2, -0.15) is 5.10 Å². The second-order valence-electron chi connectivity index (χ2n) is 4.99. The van der Waals surface area contributed by atoms with Crippen LogP contribution in [-0.4, -0.2) is 49.5 Å². The molecule has 21 heavy (non-hydrogen) atoms. The second kappa shape index (κ2) is 7.26. The highest BCUT2D eigenvalue weighted by atomic mass is 35.5. The SMILES string of the molecule is CNC(c1ccc(Cl)s1)c1c(OC)cnn1CCN(C)C. The molecule has 0 bridgehead atoms. The average molecular weight is 329 g/mol. The molecule has 116 valence electrons. The van der Waals surface area contributed by atoms with Gasteiger partial charge in [-0.1, -0.05) is 11.6 Å². The molecule has 2 rings (SSSR count). The first-order valence-electron chi connectivity index (χ1n) is 6.73. The highest BCUT2D eigenvalue weighted by molar-refractivity contribution is 7.16. The van der Waals surface area contributed by atoms with Crippen molar-refractivity contribution >= 4 is 22.9 Å². The summed E-state index contributed by atoms with van der Waals surface area (Å²) in [5, 5.41) is 7.79. The molecule has 7 heteroatoms. The number of rotatable bonds is 7. The largest absolute Gasteiger partial charge is 0.493 e. The minimum Gasteiger partial charge on any atom is -0.493 e. The number of nitrogens with one attached hydrogen (secondary N) is 1. The van der Waals surface area contributed by atoms with E-state index in [0.717, 1.165) is 33.7 Å². The molecule has 1 N–H and O–H groups in total. The van der Waals surface area contributed by atoms with Gasteiger partial charge in [-0.15, -0.1) is 11.3 Å². The molecule has 0 saturated heterocycles. The number of hydrogen-bond acceptors (Lipinski definition) is 5. The number of thiophene rings is 1. The number of nitrogens with zero attached hydrogens (tertiary/aromatic N) is 3. The van der Waals surface area contributed by atoms with Gasteiger partial charge < -0.3 is 15.0 Å². The van der Waals surface area contributed by atoms with E-state index in [1.54, 1.807) is 24.6 Å². The van der Waals surface area contributed by atoms with Crippen molar-refractivity contribution in [3.8, 4) is 5.75 Å². The fourth-order valence-corrected chi connectivity index (χ4v) is 3.37. The Labute approximate surface area is 134 Å². The smallest absolute Gasteiger partial charge is 0.161 e. The van der Waals surface area contributed by atoms with Crippen LogP contribution in [0.5, 0.6) is 5.75 Å². The number of likely N-dealkylation sites (N-methyl/N-ethyl adjacent to an activating group) is 1. The van der Waals surface area contributed by atoms with Crippen LogP contribution in [0.2, 0.25) is 4.34 Å². The van der Waals surface area contributed by atoms with E-state index in [0.29, 0.717) is 0 Å². The first-order chi connectivity index (χ1) is 10.1. The fourth-order valence-electron chi connectivity index (χ4n) is 2.20. The summed E-state index contributed by atoms with van der Waals surface area (Å²) in [6, 6.07) is 3.97. The minimum atomic E-state index is 0.0158. The number of halogens is 1. The summed E-state index contributed by atoms with van der Waals surface area (Å²) in [5.74, 6) is 0.789. The van der Waals surface area contributed by atoms with E-state index >= 15 is 0 Å². The maximum Gasteiger partial charge on any atom is 0.161 e. The highest BCUT2D eigenvalue weighted by Gasteiger charge is 2.23. The van der Waals surface area contributed by atoms with Crippen LogP contribution < -0.4 is 10.1 Å². The summed E-state index contributed by atoms with van der Waals surface area (Å²) in [6.45, 7) is 1.72. The number of ether oxygens (including phenoxy) is 1. The first-order valence-corrected chi connectivity index (χ1v) is 7.93. The minimum absolute atomic E-state index is 0.0158. The summed E-state index contributed by atoms with van der Waals surface area (Å²) < 4.78 is 8.25. The quantitative estimate of drug-likeness (QED) is 0.848. The van der Waals surface area contributed by atoms with Crippen molar-refractivity contribution in [3.63, 3.8) is 0 Å². The Kier molecular flexibility index (Phi) is 5.64. The van der Waals surface area contributed by atoms with E-state index in [1.165, 1.54) is 0 Å². The molecule has 0 fully saturated rings. The molecule has 1 atom stereocenters. The summed E-state index contributed by atoms with van der Waals surface area (Å²) in [6.07, 6.45) is 1.77. The maximum atomic E-state index is 6.07. The van der Waals surface area contributed by atoms with Crippen molar-refractivity contribution in [1.29, 1.82) is 0 Å². The lowest BCUT2D eigenvalue weighted by Gasteiger charge is -2.19. The van der Waals surface area contributed by atoms with E-state index in [1.807, 2.05) is 23.9 Å². The first kappa shape index (κ1) is 16.3. The molecule has 2 aromatic rings. The van der Waals surface area contributed by atoms with Crippen LogP contribution in [0.4, 0.5) is 0 Å². The molecular formula is C14H21ClN4OS. The van der Waals surface area contributed by atoms with Crippen LogP contribution in [-0.2, 0) is 6.54 Å². The van der Waals surface area contributed by atoms with Crippen LogP contribution in [0.15, 0.2) is 18.3 Å². The van der Waals surface area contributed by atoms with E-state index in [9.17, 15) is 0 Å². The Morgan fingerprint density at radius 3 is 2.76 bits per heavy atom. The van der Waals surface area contributed by atoms with Crippen molar-refractivity contribution < 1.29 is 4.74 Å². The van der Waals surface area contributed by atoms with E-state index in [-0.39, 0.29) is 6.04 Å². The zero-order valence-electron chi connectivity index (χ0n) is 12.8. The zero-order chi connectivity index (χ0) is 15.4. The molecule has 5 nitrogen and oxygen atoms in total. The third-order valence-electron chi connectivity index (χ3n) is 3.26. The van der Waals surface area contributed by atoms with Crippen molar-refractivity contribution in [2.75, 3.05) is 34.8 Å². The van der Waals surface area contributed by atoms with Gasteiger partial charge in [0.05, 0.1) is 30.2 Å². The Bertz CT molecular complexity index is 581. The third kappa shape index (κ3) is 3.77. The van der Waals surface area contributed by atoms with Gasteiger partial charge in [-0.3, -0.25) is 4.68 Å². The molecule has 0 amide bonds. The zero-order valence-corrected chi connectivity index (χ0v) is 14.3. The Hall–Kier alpha value is -1.08. The summed E-state index contributed by atoms with van der Waals surface area (Å²) in [4.78, 5) is 3.28. The van der Waals surface area contributed by atoms with Gasteiger partial charge in [-0.05, 0) is 33.3 Å². The van der Waals surface area contributed by atoms with Crippen LogP contribution in [0.1, 0.15) is 16.6 Å². The molecular weight excluding hydrogens is 308 g/mol. The molecule has 0 aromatic carbocycles. The lowest BCUT2D eigenvalue weighted by molar-refractivity contribution is 0.361. The predicted molar refractivity (Wildman–Crippen MR) is 87.6 cm³/mol. The normalized spacial score (nSPS) is 12.9. The number of hydrogen-bond donors (Lipinski definition) is 1. The van der Waals surface area contributed by atoms with E-state index in [2.05, 4.69) is 29.4 Å². The molecule has 2 heterocycles. The van der Waals surface area contributed by atoms with Crippen LogP contribution >= 0.6 is 22.9 Å². The van der Waals surface area contributed by atoms with Crippen molar-refractivity contribution in [2.24, 2.45) is 0 Å². The van der Waals surface area contributed by atoms with Gasteiger partial charge in [0.25, 0.3) is 0 Å². The lowest BCUT2D eigenvalue weighted by atomic mass is 10.1. The standard InChI is InChI=1S/C14H21ClN4OS/c1-16-13(11-5-6-12(15)21-11)14-10(20-4)9-17-19(14)8-7-18(2)3/h5-6,9,13,16H,7-8H2,1-4H3. The monoisotopic (exact) mass is 328 g/mol. The lowest BCUT2D eigenvalue weighted by Crippen LogP contribution is -2.25. The third-order valence-corrected chi connectivity index (χ3v) is 4.56. The second-order valence-corrected chi connectivity index (χ2v) is 6.73. The molecule has 1 unspecified atom stereocenters. The summed E-state index contributed by atoms with van der Waals surface area (Å²) >= 11 is 7.64. The Morgan fingerprint density at radius 2 is 2.24 bits per heavy atom. The average Bonchev–Trinajstić information content (AvgIpc) is 3.05. The maximum absolute atomic E-state index is 6.07. The van der Waals surface area contributed by atoms with Crippen LogP contribution in [0, 0.1) is 0 Å². The van der Waals surface area contributed by atoms with Crippen molar-refractivity contribution in [2.45, 2.75) is 12.6 Å². The molecule has 0 aliphatic carbocycles. The molecule has 0 aliphatic heterocycles. The van der Waals surface area contributed by atoms with Gasteiger partial charge in [0, 0.05) is 11.4 Å². The van der Waals surface area contributed by atoms with Crippen LogP contribution in [0.25, 0.3) is 0 Å². The number of aromatic nitrogens is 2. The molecule has 0 saturated carbocycles. The number of methoxy groups -OCH3 is 1. The topological polar surface area (TPSA) is 42.3 Å². The van der Waals surface area contributed by atoms with Gasteiger partial charge in [0.1, 0.15) is 5.69 Å².